The molecule has 9 heteroatoms. The molecule has 0 fully saturated rings. The predicted octanol–water partition coefficient (Wildman–Crippen LogP) is 2.85. The van der Waals surface area contributed by atoms with Crippen LogP contribution >= 0.6 is 0 Å². The number of nitrogens with zero attached hydrogens (tertiary/aromatic N) is 2. The molecule has 1 aromatic carbocycles. The number of hydrogen-bond donors (Lipinski definition) is 1. The summed E-state index contributed by atoms with van der Waals surface area (Å²) in [4.78, 5) is 31.3. The minimum absolute atomic E-state index is 0.0832. The molecule has 0 aliphatic carbocycles. The van der Waals surface area contributed by atoms with Crippen LogP contribution in [0.15, 0.2) is 18.2 Å². The minimum atomic E-state index is -0.854. The second-order valence-electron chi connectivity index (χ2n) is 4.88. The molecular formula is C11H13N3O6. The van der Waals surface area contributed by atoms with Crippen LogP contribution in [0.5, 0.6) is 0 Å². The standard InChI is InChI=1S/C11H13N3O6/c1-11(2,3)20-10(15)12-7-4-8(13(16)17)6-9(5-7)14(18)19/h4-6H,1-3H3,(H,12,15). The number of hydrogen-bond acceptors (Lipinski definition) is 6. The number of rotatable bonds is 3. The van der Waals surface area contributed by atoms with Gasteiger partial charge in [0.25, 0.3) is 11.4 Å². The second kappa shape index (κ2) is 5.51. The molecule has 0 atom stereocenters. The molecule has 9 nitrogen and oxygen atoms in total. The topological polar surface area (TPSA) is 125 Å². The van der Waals surface area contributed by atoms with Crippen molar-refractivity contribution in [2.45, 2.75) is 26.4 Å². The Kier molecular flexibility index (Phi) is 4.23. The lowest BCUT2D eigenvalue weighted by Gasteiger charge is -2.19. The van der Waals surface area contributed by atoms with Gasteiger partial charge in [-0.1, -0.05) is 0 Å². The number of ether oxygens (including phenoxy) is 1. The third kappa shape index (κ3) is 4.52. The Morgan fingerprint density at radius 2 is 1.55 bits per heavy atom. The number of nitro groups is 2. The number of benzene rings is 1. The van der Waals surface area contributed by atoms with Crippen LogP contribution in [0.4, 0.5) is 21.9 Å². The molecule has 0 radical (unpaired) electrons. The van der Waals surface area contributed by atoms with Gasteiger partial charge in [0.2, 0.25) is 0 Å². The van der Waals surface area contributed by atoms with E-state index in [1.807, 2.05) is 0 Å². The van der Waals surface area contributed by atoms with E-state index >= 15 is 0 Å². The van der Waals surface area contributed by atoms with Crippen molar-refractivity contribution in [2.75, 3.05) is 5.32 Å². The lowest BCUT2D eigenvalue weighted by atomic mass is 10.2. The van der Waals surface area contributed by atoms with Crippen molar-refractivity contribution < 1.29 is 19.4 Å². The molecule has 0 saturated heterocycles. The average Bonchev–Trinajstić information content (AvgIpc) is 2.25. The molecule has 0 aliphatic heterocycles. The molecule has 1 rings (SSSR count). The summed E-state index contributed by atoms with van der Waals surface area (Å²) in [6.07, 6.45) is -0.854. The van der Waals surface area contributed by atoms with E-state index in [1.165, 1.54) is 0 Å². The van der Waals surface area contributed by atoms with Gasteiger partial charge in [-0.2, -0.15) is 0 Å². The van der Waals surface area contributed by atoms with Crippen molar-refractivity contribution in [1.29, 1.82) is 0 Å². The number of nitrogens with one attached hydrogen (secondary N) is 1. The average molecular weight is 283 g/mol. The highest BCUT2D eigenvalue weighted by Crippen LogP contribution is 2.26. The fourth-order valence-electron chi connectivity index (χ4n) is 1.30. The highest BCUT2D eigenvalue weighted by molar-refractivity contribution is 5.86. The van der Waals surface area contributed by atoms with E-state index in [0.29, 0.717) is 0 Å². The number of carbonyl (C=O) groups excluding carboxylic acids is 1. The first-order valence-corrected chi connectivity index (χ1v) is 5.52. The van der Waals surface area contributed by atoms with Crippen molar-refractivity contribution in [3.05, 3.63) is 38.4 Å². The highest BCUT2D eigenvalue weighted by Gasteiger charge is 2.20. The van der Waals surface area contributed by atoms with Gasteiger partial charge in [-0.3, -0.25) is 25.5 Å². The van der Waals surface area contributed by atoms with Gasteiger partial charge in [0.1, 0.15) is 5.60 Å². The summed E-state index contributed by atoms with van der Waals surface area (Å²) in [6.45, 7) is 4.92. The second-order valence-corrected chi connectivity index (χ2v) is 4.88. The molecular weight excluding hydrogens is 270 g/mol. The lowest BCUT2D eigenvalue weighted by molar-refractivity contribution is -0.394. The van der Waals surface area contributed by atoms with E-state index in [1.54, 1.807) is 20.8 Å². The monoisotopic (exact) mass is 283 g/mol. The zero-order valence-electron chi connectivity index (χ0n) is 11.1. The summed E-state index contributed by atoms with van der Waals surface area (Å²) >= 11 is 0. The number of anilines is 1. The Hall–Kier alpha value is -2.71. The summed E-state index contributed by atoms with van der Waals surface area (Å²) in [5.41, 5.74) is -1.83. The summed E-state index contributed by atoms with van der Waals surface area (Å²) < 4.78 is 4.95. The van der Waals surface area contributed by atoms with Crippen LogP contribution in [-0.4, -0.2) is 21.5 Å². The lowest BCUT2D eigenvalue weighted by Crippen LogP contribution is -2.27. The Morgan fingerprint density at radius 1 is 1.10 bits per heavy atom. The maximum atomic E-state index is 11.5. The van der Waals surface area contributed by atoms with Crippen LogP contribution < -0.4 is 5.32 Å². The van der Waals surface area contributed by atoms with Gasteiger partial charge in [-0.15, -0.1) is 0 Å². The summed E-state index contributed by atoms with van der Waals surface area (Å²) in [5, 5.41) is 23.6. The fourth-order valence-corrected chi connectivity index (χ4v) is 1.30. The van der Waals surface area contributed by atoms with E-state index in [2.05, 4.69) is 5.32 Å². The maximum Gasteiger partial charge on any atom is 0.412 e. The molecule has 1 aromatic rings. The Morgan fingerprint density at radius 3 is 1.90 bits per heavy atom. The van der Waals surface area contributed by atoms with Gasteiger partial charge < -0.3 is 4.74 Å². The summed E-state index contributed by atoms with van der Waals surface area (Å²) in [5.74, 6) is 0. The number of carbonyl (C=O) groups is 1. The maximum absolute atomic E-state index is 11.5. The molecule has 20 heavy (non-hydrogen) atoms. The Bertz CT molecular complexity index is 532. The van der Waals surface area contributed by atoms with Crippen LogP contribution in [-0.2, 0) is 4.74 Å². The molecule has 0 aliphatic rings. The zero-order chi connectivity index (χ0) is 15.5. The molecule has 0 spiro atoms. The molecule has 0 heterocycles. The fraction of sp³-hybridized carbons (Fsp3) is 0.364. The molecule has 0 bridgehead atoms. The van der Waals surface area contributed by atoms with Crippen LogP contribution in [0, 0.1) is 20.2 Å². The van der Waals surface area contributed by atoms with Crippen LogP contribution in [0.2, 0.25) is 0 Å². The number of amides is 1. The third-order valence-corrected chi connectivity index (χ3v) is 1.97. The predicted molar refractivity (Wildman–Crippen MR) is 69.6 cm³/mol. The van der Waals surface area contributed by atoms with Gasteiger partial charge in [0.15, 0.2) is 0 Å². The van der Waals surface area contributed by atoms with Crippen LogP contribution in [0.1, 0.15) is 20.8 Å². The molecule has 1 amide bonds. The van der Waals surface area contributed by atoms with E-state index in [9.17, 15) is 25.0 Å². The third-order valence-electron chi connectivity index (χ3n) is 1.97. The minimum Gasteiger partial charge on any atom is -0.444 e. The SMILES string of the molecule is CC(C)(C)OC(=O)Nc1cc([N+](=O)[O-])cc([N+](=O)[O-])c1. The van der Waals surface area contributed by atoms with Crippen molar-refractivity contribution >= 4 is 23.2 Å². The number of non-ortho nitro benzene ring substituents is 2. The van der Waals surface area contributed by atoms with Crippen molar-refractivity contribution in [1.82, 2.24) is 0 Å². The van der Waals surface area contributed by atoms with Crippen LogP contribution in [0.3, 0.4) is 0 Å². The normalized spacial score (nSPS) is 10.8. The quantitative estimate of drug-likeness (QED) is 0.671. The van der Waals surface area contributed by atoms with E-state index in [4.69, 9.17) is 4.74 Å². The van der Waals surface area contributed by atoms with Crippen molar-refractivity contribution in [3.8, 4) is 0 Å². The smallest absolute Gasteiger partial charge is 0.412 e. The highest BCUT2D eigenvalue weighted by atomic mass is 16.6. The van der Waals surface area contributed by atoms with Gasteiger partial charge >= 0.3 is 6.09 Å². The molecule has 0 saturated carbocycles. The molecule has 0 unspecified atom stereocenters. The first-order valence-electron chi connectivity index (χ1n) is 5.52. The Balaban J connectivity index is 3.03. The van der Waals surface area contributed by atoms with E-state index in [0.717, 1.165) is 18.2 Å². The largest absolute Gasteiger partial charge is 0.444 e. The van der Waals surface area contributed by atoms with E-state index < -0.39 is 32.9 Å². The van der Waals surface area contributed by atoms with Gasteiger partial charge in [0.05, 0.1) is 21.6 Å². The van der Waals surface area contributed by atoms with Crippen LogP contribution in [0.25, 0.3) is 0 Å². The van der Waals surface area contributed by atoms with Gasteiger partial charge in [0, 0.05) is 12.1 Å². The van der Waals surface area contributed by atoms with Crippen molar-refractivity contribution in [2.24, 2.45) is 0 Å². The van der Waals surface area contributed by atoms with Gasteiger partial charge in [-0.25, -0.2) is 4.79 Å². The number of nitro benzene ring substituents is 2. The molecule has 108 valence electrons. The first-order chi connectivity index (χ1) is 9.08. The summed E-state index contributed by atoms with van der Waals surface area (Å²) in [7, 11) is 0. The van der Waals surface area contributed by atoms with Gasteiger partial charge in [-0.05, 0) is 20.8 Å². The Labute approximate surface area is 113 Å². The molecule has 1 N–H and O–H groups in total. The summed E-state index contributed by atoms with van der Waals surface area (Å²) in [6, 6.07) is 2.83. The van der Waals surface area contributed by atoms with Crippen molar-refractivity contribution in [3.63, 3.8) is 0 Å². The molecule has 0 aromatic heterocycles. The first kappa shape index (κ1) is 15.3. The van der Waals surface area contributed by atoms with E-state index in [-0.39, 0.29) is 5.69 Å². The zero-order valence-corrected chi connectivity index (χ0v) is 11.1.